The summed E-state index contributed by atoms with van der Waals surface area (Å²) in [7, 11) is 0. The first-order valence-corrected chi connectivity index (χ1v) is 5.33. The van der Waals surface area contributed by atoms with Gasteiger partial charge in [-0.25, -0.2) is 4.68 Å². The van der Waals surface area contributed by atoms with Crippen molar-refractivity contribution in [2.45, 2.75) is 6.92 Å². The highest BCUT2D eigenvalue weighted by Gasteiger charge is 2.15. The predicted molar refractivity (Wildman–Crippen MR) is 62.7 cm³/mol. The second-order valence-corrected chi connectivity index (χ2v) is 4.27. The monoisotopic (exact) mass is 281 g/mol. The van der Waals surface area contributed by atoms with Crippen LogP contribution in [0.3, 0.4) is 0 Å². The van der Waals surface area contributed by atoms with Crippen LogP contribution in [0.4, 0.5) is 5.69 Å². The molecule has 0 N–H and O–H groups in total. The molecule has 0 bridgehead atoms. The molecule has 0 amide bonds. The summed E-state index contributed by atoms with van der Waals surface area (Å²) >= 11 is 3.26. The number of halogens is 1. The molecule has 6 heteroatoms. The first-order chi connectivity index (χ1) is 7.58. The fourth-order valence-electron chi connectivity index (χ4n) is 1.40. The van der Waals surface area contributed by atoms with E-state index in [9.17, 15) is 10.1 Å². The zero-order chi connectivity index (χ0) is 11.7. The molecule has 2 rings (SSSR count). The molecule has 1 aromatic heterocycles. The lowest BCUT2D eigenvalue weighted by molar-refractivity contribution is -0.384. The molecule has 1 aromatic carbocycles. The van der Waals surface area contributed by atoms with Crippen molar-refractivity contribution in [2.75, 3.05) is 0 Å². The van der Waals surface area contributed by atoms with Gasteiger partial charge in [-0.3, -0.25) is 10.1 Å². The summed E-state index contributed by atoms with van der Waals surface area (Å²) in [4.78, 5) is 10.5. The minimum atomic E-state index is -0.412. The van der Waals surface area contributed by atoms with E-state index < -0.39 is 4.92 Å². The van der Waals surface area contributed by atoms with Crippen LogP contribution in [0.2, 0.25) is 0 Å². The van der Waals surface area contributed by atoms with Crippen molar-refractivity contribution in [3.8, 4) is 5.69 Å². The maximum atomic E-state index is 10.9. The Kier molecular flexibility index (Phi) is 2.74. The van der Waals surface area contributed by atoms with Crippen molar-refractivity contribution in [2.24, 2.45) is 0 Å². The summed E-state index contributed by atoms with van der Waals surface area (Å²) in [6.45, 7) is 1.88. The second kappa shape index (κ2) is 4.05. The maximum Gasteiger partial charge on any atom is 0.294 e. The molecule has 0 aliphatic carbocycles. The molecule has 0 atom stereocenters. The molecule has 0 aliphatic rings. The third-order valence-electron chi connectivity index (χ3n) is 2.13. The van der Waals surface area contributed by atoms with E-state index in [1.807, 2.05) is 6.92 Å². The number of benzene rings is 1. The molecule has 0 aliphatic heterocycles. The van der Waals surface area contributed by atoms with Gasteiger partial charge in [-0.15, -0.1) is 0 Å². The highest BCUT2D eigenvalue weighted by atomic mass is 79.9. The smallest absolute Gasteiger partial charge is 0.258 e. The van der Waals surface area contributed by atoms with Crippen molar-refractivity contribution >= 4 is 21.6 Å². The lowest BCUT2D eigenvalue weighted by Crippen LogP contribution is -2.00. The molecule has 5 nitrogen and oxygen atoms in total. The van der Waals surface area contributed by atoms with Crippen molar-refractivity contribution in [3.63, 3.8) is 0 Å². The van der Waals surface area contributed by atoms with Crippen LogP contribution in [0.5, 0.6) is 0 Å². The van der Waals surface area contributed by atoms with Crippen molar-refractivity contribution < 1.29 is 4.92 Å². The number of nitro benzene ring substituents is 1. The van der Waals surface area contributed by atoms with E-state index in [1.54, 1.807) is 24.5 Å². The lowest BCUT2D eigenvalue weighted by atomic mass is 10.2. The topological polar surface area (TPSA) is 61.0 Å². The molecular formula is C10H8BrN3O2. The van der Waals surface area contributed by atoms with Crippen LogP contribution in [0, 0.1) is 17.0 Å². The third-order valence-corrected chi connectivity index (χ3v) is 2.54. The fraction of sp³-hybridized carbons (Fsp3) is 0.100. The number of nitro groups is 1. The van der Waals surface area contributed by atoms with E-state index in [1.165, 1.54) is 10.7 Å². The van der Waals surface area contributed by atoms with Crippen LogP contribution >= 0.6 is 15.9 Å². The predicted octanol–water partition coefficient (Wildman–Crippen LogP) is 2.85. The average molecular weight is 282 g/mol. The molecule has 0 unspecified atom stereocenters. The van der Waals surface area contributed by atoms with Gasteiger partial charge in [-0.1, -0.05) is 6.07 Å². The SMILES string of the molecule is Cc1ccc([N+](=O)[O-])c(-n2cc(Br)cn2)c1. The molecule has 1 heterocycles. The molecule has 0 radical (unpaired) electrons. The van der Waals surface area contributed by atoms with Crippen LogP contribution in [0.25, 0.3) is 5.69 Å². The van der Waals surface area contributed by atoms with Gasteiger partial charge in [-0.05, 0) is 34.5 Å². The van der Waals surface area contributed by atoms with Gasteiger partial charge in [0.25, 0.3) is 5.69 Å². The standard InChI is InChI=1S/C10H8BrN3O2/c1-7-2-3-9(14(15)16)10(4-7)13-6-8(11)5-12-13/h2-6H,1H3. The lowest BCUT2D eigenvalue weighted by Gasteiger charge is -2.03. The minimum Gasteiger partial charge on any atom is -0.258 e. The quantitative estimate of drug-likeness (QED) is 0.628. The van der Waals surface area contributed by atoms with Crippen molar-refractivity contribution in [3.05, 3.63) is 50.7 Å². The van der Waals surface area contributed by atoms with Crippen LogP contribution in [0.15, 0.2) is 35.1 Å². The van der Waals surface area contributed by atoms with E-state index in [2.05, 4.69) is 21.0 Å². The van der Waals surface area contributed by atoms with E-state index in [0.717, 1.165) is 10.0 Å². The van der Waals surface area contributed by atoms with E-state index in [4.69, 9.17) is 0 Å². The van der Waals surface area contributed by atoms with Gasteiger partial charge < -0.3 is 0 Å². The van der Waals surface area contributed by atoms with Gasteiger partial charge >= 0.3 is 0 Å². The molecule has 0 saturated carbocycles. The maximum absolute atomic E-state index is 10.9. The molecule has 0 saturated heterocycles. The summed E-state index contributed by atoms with van der Waals surface area (Å²) in [5, 5.41) is 14.9. The molecule has 82 valence electrons. The summed E-state index contributed by atoms with van der Waals surface area (Å²) in [5.41, 5.74) is 1.46. The summed E-state index contributed by atoms with van der Waals surface area (Å²) < 4.78 is 2.26. The number of hydrogen-bond donors (Lipinski definition) is 0. The van der Waals surface area contributed by atoms with Crippen molar-refractivity contribution in [1.29, 1.82) is 0 Å². The van der Waals surface area contributed by atoms with E-state index >= 15 is 0 Å². The Bertz CT molecular complexity index is 551. The highest BCUT2D eigenvalue weighted by Crippen LogP contribution is 2.24. The Morgan fingerprint density at radius 3 is 2.81 bits per heavy atom. The Labute approximate surface area is 100.0 Å². The van der Waals surface area contributed by atoms with Gasteiger partial charge in [0.15, 0.2) is 0 Å². The van der Waals surface area contributed by atoms with E-state index in [-0.39, 0.29) is 5.69 Å². The van der Waals surface area contributed by atoms with Gasteiger partial charge in [0.2, 0.25) is 0 Å². The minimum absolute atomic E-state index is 0.0428. The third kappa shape index (κ3) is 1.96. The number of hydrogen-bond acceptors (Lipinski definition) is 3. The second-order valence-electron chi connectivity index (χ2n) is 3.35. The molecule has 16 heavy (non-hydrogen) atoms. The van der Waals surface area contributed by atoms with Crippen LogP contribution in [-0.4, -0.2) is 14.7 Å². The average Bonchev–Trinajstić information content (AvgIpc) is 2.64. The zero-order valence-electron chi connectivity index (χ0n) is 8.42. The summed E-state index contributed by atoms with van der Waals surface area (Å²) in [6.07, 6.45) is 3.27. The van der Waals surface area contributed by atoms with Crippen molar-refractivity contribution in [1.82, 2.24) is 9.78 Å². The van der Waals surface area contributed by atoms with Crippen LogP contribution in [-0.2, 0) is 0 Å². The largest absolute Gasteiger partial charge is 0.294 e. The molecule has 0 fully saturated rings. The number of aryl methyl sites for hydroxylation is 1. The number of nitrogens with zero attached hydrogens (tertiary/aromatic N) is 3. The van der Waals surface area contributed by atoms with Crippen LogP contribution < -0.4 is 0 Å². The Morgan fingerprint density at radius 1 is 1.50 bits per heavy atom. The molecule has 0 spiro atoms. The van der Waals surface area contributed by atoms with Gasteiger partial charge in [0, 0.05) is 12.3 Å². The first kappa shape index (κ1) is 10.8. The molecular weight excluding hydrogens is 274 g/mol. The van der Waals surface area contributed by atoms with Gasteiger partial charge in [0.05, 0.1) is 15.6 Å². The first-order valence-electron chi connectivity index (χ1n) is 4.53. The zero-order valence-corrected chi connectivity index (χ0v) is 10.0. The summed E-state index contributed by atoms with van der Waals surface area (Å²) in [6, 6.07) is 4.93. The number of aromatic nitrogens is 2. The number of rotatable bonds is 2. The summed E-state index contributed by atoms with van der Waals surface area (Å²) in [5.74, 6) is 0. The normalized spacial score (nSPS) is 10.4. The van der Waals surface area contributed by atoms with Gasteiger partial charge in [0.1, 0.15) is 5.69 Å². The Balaban J connectivity index is 2.62. The highest BCUT2D eigenvalue weighted by molar-refractivity contribution is 9.10. The van der Waals surface area contributed by atoms with Gasteiger partial charge in [-0.2, -0.15) is 5.10 Å². The molecule has 2 aromatic rings. The van der Waals surface area contributed by atoms with Crippen LogP contribution in [0.1, 0.15) is 5.56 Å². The van der Waals surface area contributed by atoms with E-state index in [0.29, 0.717) is 5.69 Å². The Hall–Kier alpha value is -1.69. The fourth-order valence-corrected chi connectivity index (χ4v) is 1.69. The Morgan fingerprint density at radius 2 is 2.25 bits per heavy atom.